The van der Waals surface area contributed by atoms with Crippen molar-refractivity contribution < 1.29 is 4.74 Å². The molecule has 1 atom stereocenters. The summed E-state index contributed by atoms with van der Waals surface area (Å²) in [7, 11) is 3.74. The molecule has 1 fully saturated rings. The average Bonchev–Trinajstić information content (AvgIpc) is 2.23. The second-order valence-electron chi connectivity index (χ2n) is 4.34. The highest BCUT2D eigenvalue weighted by Crippen LogP contribution is 2.40. The van der Waals surface area contributed by atoms with Gasteiger partial charge in [-0.1, -0.05) is 28.4 Å². The highest BCUT2D eigenvalue weighted by Gasteiger charge is 2.28. The zero-order valence-corrected chi connectivity index (χ0v) is 11.4. The molecule has 0 spiro atoms. The second-order valence-corrected chi connectivity index (χ2v) is 5.20. The number of hydrogen-bond acceptors (Lipinski definition) is 2. The number of benzene rings is 1. The molecule has 2 rings (SSSR count). The largest absolute Gasteiger partial charge is 0.497 e. The van der Waals surface area contributed by atoms with Gasteiger partial charge in [0.25, 0.3) is 0 Å². The zero-order chi connectivity index (χ0) is 11.5. The molecule has 0 saturated heterocycles. The molecule has 0 heterocycles. The summed E-state index contributed by atoms with van der Waals surface area (Å²) in [4.78, 5) is 0. The Bertz CT molecular complexity index is 363. The van der Waals surface area contributed by atoms with Crippen molar-refractivity contribution in [3.05, 3.63) is 28.2 Å². The van der Waals surface area contributed by atoms with E-state index in [-0.39, 0.29) is 0 Å². The van der Waals surface area contributed by atoms with E-state index < -0.39 is 0 Å². The van der Waals surface area contributed by atoms with E-state index in [2.05, 4.69) is 27.3 Å². The Morgan fingerprint density at radius 2 is 2.19 bits per heavy atom. The third kappa shape index (κ3) is 2.25. The lowest BCUT2D eigenvalue weighted by Crippen LogP contribution is -2.30. The molecular formula is C13H18BrNO. The second kappa shape index (κ2) is 5.19. The van der Waals surface area contributed by atoms with Crippen LogP contribution in [0, 0.1) is 5.92 Å². The first kappa shape index (κ1) is 11.9. The summed E-state index contributed by atoms with van der Waals surface area (Å²) in [6.07, 6.45) is 4.05. The molecule has 0 amide bonds. The summed E-state index contributed by atoms with van der Waals surface area (Å²) in [5, 5.41) is 3.43. The Kier molecular flexibility index (Phi) is 3.87. The lowest BCUT2D eigenvalue weighted by Gasteiger charge is -2.34. The first-order valence-electron chi connectivity index (χ1n) is 5.77. The van der Waals surface area contributed by atoms with Gasteiger partial charge in [0.2, 0.25) is 0 Å². The fourth-order valence-electron chi connectivity index (χ4n) is 2.31. The maximum atomic E-state index is 5.21. The van der Waals surface area contributed by atoms with Gasteiger partial charge in [0.15, 0.2) is 0 Å². The lowest BCUT2D eigenvalue weighted by molar-refractivity contribution is 0.239. The molecule has 88 valence electrons. The number of nitrogens with one attached hydrogen (secondary N) is 1. The Balaban J connectivity index is 2.23. The van der Waals surface area contributed by atoms with Crippen molar-refractivity contribution in [2.24, 2.45) is 5.92 Å². The quantitative estimate of drug-likeness (QED) is 0.913. The number of hydrogen-bond donors (Lipinski definition) is 1. The standard InChI is InChI=1S/C13H18BrNO/c1-15-13(9-4-3-5-9)11-7-6-10(16-2)8-12(11)14/h6-9,13,15H,3-5H2,1-2H3. The SMILES string of the molecule is CNC(c1ccc(OC)cc1Br)C1CCC1. The topological polar surface area (TPSA) is 21.3 Å². The summed E-state index contributed by atoms with van der Waals surface area (Å²) in [6, 6.07) is 6.69. The third-order valence-electron chi connectivity index (χ3n) is 3.47. The van der Waals surface area contributed by atoms with Crippen LogP contribution in [0.1, 0.15) is 30.9 Å². The fraction of sp³-hybridized carbons (Fsp3) is 0.538. The van der Waals surface area contributed by atoms with Crippen molar-refractivity contribution in [2.75, 3.05) is 14.2 Å². The Labute approximate surface area is 106 Å². The predicted octanol–water partition coefficient (Wildman–Crippen LogP) is 3.52. The van der Waals surface area contributed by atoms with Crippen molar-refractivity contribution in [1.29, 1.82) is 0 Å². The molecule has 0 aliphatic heterocycles. The van der Waals surface area contributed by atoms with Crippen LogP contribution in [-0.4, -0.2) is 14.2 Å². The minimum absolute atomic E-state index is 0.467. The highest BCUT2D eigenvalue weighted by atomic mass is 79.9. The molecule has 0 bridgehead atoms. The molecule has 1 saturated carbocycles. The molecule has 0 aromatic heterocycles. The van der Waals surface area contributed by atoms with Gasteiger partial charge in [0.1, 0.15) is 5.75 Å². The van der Waals surface area contributed by atoms with Crippen molar-refractivity contribution in [2.45, 2.75) is 25.3 Å². The van der Waals surface area contributed by atoms with Gasteiger partial charge < -0.3 is 10.1 Å². The van der Waals surface area contributed by atoms with Gasteiger partial charge >= 0.3 is 0 Å². The molecular weight excluding hydrogens is 266 g/mol. The van der Waals surface area contributed by atoms with Crippen molar-refractivity contribution >= 4 is 15.9 Å². The lowest BCUT2D eigenvalue weighted by atomic mass is 9.77. The molecule has 1 N–H and O–H groups in total. The first-order chi connectivity index (χ1) is 7.76. The van der Waals surface area contributed by atoms with Gasteiger partial charge in [-0.25, -0.2) is 0 Å². The normalized spacial score (nSPS) is 17.9. The van der Waals surface area contributed by atoms with Crippen LogP contribution in [0.5, 0.6) is 5.75 Å². The van der Waals surface area contributed by atoms with Crippen LogP contribution in [0.2, 0.25) is 0 Å². The van der Waals surface area contributed by atoms with Gasteiger partial charge in [0, 0.05) is 10.5 Å². The molecule has 16 heavy (non-hydrogen) atoms. The molecule has 2 nitrogen and oxygen atoms in total. The summed E-state index contributed by atoms with van der Waals surface area (Å²) in [5.41, 5.74) is 1.34. The molecule has 1 aliphatic carbocycles. The minimum Gasteiger partial charge on any atom is -0.497 e. The third-order valence-corrected chi connectivity index (χ3v) is 4.16. The number of rotatable bonds is 4. The van der Waals surface area contributed by atoms with Gasteiger partial charge in [-0.15, -0.1) is 0 Å². The summed E-state index contributed by atoms with van der Waals surface area (Å²) in [5.74, 6) is 1.69. The monoisotopic (exact) mass is 283 g/mol. The highest BCUT2D eigenvalue weighted by molar-refractivity contribution is 9.10. The van der Waals surface area contributed by atoms with Gasteiger partial charge in [0.05, 0.1) is 7.11 Å². The predicted molar refractivity (Wildman–Crippen MR) is 69.8 cm³/mol. The molecule has 1 aromatic carbocycles. The Morgan fingerprint density at radius 3 is 2.62 bits per heavy atom. The molecule has 1 aromatic rings. The van der Waals surface area contributed by atoms with Crippen LogP contribution < -0.4 is 10.1 Å². The minimum atomic E-state index is 0.467. The molecule has 1 aliphatic rings. The average molecular weight is 284 g/mol. The molecule has 3 heteroatoms. The van der Waals surface area contributed by atoms with E-state index in [1.165, 1.54) is 24.8 Å². The van der Waals surface area contributed by atoms with Crippen LogP contribution in [0.3, 0.4) is 0 Å². The number of halogens is 1. The van der Waals surface area contributed by atoms with E-state index in [0.29, 0.717) is 6.04 Å². The maximum absolute atomic E-state index is 5.21. The van der Waals surface area contributed by atoms with E-state index in [1.54, 1.807) is 7.11 Å². The van der Waals surface area contributed by atoms with E-state index in [0.717, 1.165) is 16.1 Å². The summed E-state index contributed by atoms with van der Waals surface area (Å²) < 4.78 is 6.35. The summed E-state index contributed by atoms with van der Waals surface area (Å²) in [6.45, 7) is 0. The van der Waals surface area contributed by atoms with Crippen LogP contribution in [0.25, 0.3) is 0 Å². The number of ether oxygens (including phenoxy) is 1. The summed E-state index contributed by atoms with van der Waals surface area (Å²) >= 11 is 3.63. The van der Waals surface area contributed by atoms with Crippen LogP contribution in [-0.2, 0) is 0 Å². The number of methoxy groups -OCH3 is 1. The molecule has 0 radical (unpaired) electrons. The van der Waals surface area contributed by atoms with E-state index in [1.807, 2.05) is 19.2 Å². The fourth-order valence-corrected chi connectivity index (χ4v) is 2.91. The maximum Gasteiger partial charge on any atom is 0.120 e. The van der Waals surface area contributed by atoms with Crippen LogP contribution in [0.15, 0.2) is 22.7 Å². The molecule has 1 unspecified atom stereocenters. The Hall–Kier alpha value is -0.540. The first-order valence-corrected chi connectivity index (χ1v) is 6.56. The Morgan fingerprint density at radius 1 is 1.44 bits per heavy atom. The smallest absolute Gasteiger partial charge is 0.120 e. The van der Waals surface area contributed by atoms with Crippen LogP contribution >= 0.6 is 15.9 Å². The van der Waals surface area contributed by atoms with Gasteiger partial charge in [-0.3, -0.25) is 0 Å². The van der Waals surface area contributed by atoms with E-state index in [4.69, 9.17) is 4.74 Å². The van der Waals surface area contributed by atoms with Crippen molar-refractivity contribution in [3.63, 3.8) is 0 Å². The van der Waals surface area contributed by atoms with E-state index >= 15 is 0 Å². The zero-order valence-electron chi connectivity index (χ0n) is 9.79. The van der Waals surface area contributed by atoms with Gasteiger partial charge in [-0.2, -0.15) is 0 Å². The van der Waals surface area contributed by atoms with Crippen molar-refractivity contribution in [3.8, 4) is 5.75 Å². The van der Waals surface area contributed by atoms with E-state index in [9.17, 15) is 0 Å². The van der Waals surface area contributed by atoms with Crippen molar-refractivity contribution in [1.82, 2.24) is 5.32 Å². The van der Waals surface area contributed by atoms with Gasteiger partial charge in [-0.05, 0) is 43.5 Å². The van der Waals surface area contributed by atoms with Crippen LogP contribution in [0.4, 0.5) is 0 Å².